The van der Waals surface area contributed by atoms with E-state index in [4.69, 9.17) is 0 Å². The molecule has 3 rings (SSSR count). The van der Waals surface area contributed by atoms with Crippen molar-refractivity contribution < 1.29 is 8.42 Å². The molecule has 22 heavy (non-hydrogen) atoms. The van der Waals surface area contributed by atoms with Gasteiger partial charge in [0.2, 0.25) is 10.0 Å². The maximum absolute atomic E-state index is 12.8. The van der Waals surface area contributed by atoms with Gasteiger partial charge in [-0.3, -0.25) is 0 Å². The van der Waals surface area contributed by atoms with Crippen LogP contribution in [0.15, 0.2) is 65.6 Å². The molecule has 1 aliphatic rings. The summed E-state index contributed by atoms with van der Waals surface area (Å²) < 4.78 is 27.1. The van der Waals surface area contributed by atoms with Crippen LogP contribution in [-0.2, 0) is 10.0 Å². The molecule has 0 bridgehead atoms. The largest absolute Gasteiger partial charge is 0.243 e. The summed E-state index contributed by atoms with van der Waals surface area (Å²) in [6.45, 7) is 2.92. The summed E-state index contributed by atoms with van der Waals surface area (Å²) >= 11 is 0. The van der Waals surface area contributed by atoms with E-state index in [9.17, 15) is 8.42 Å². The molecule has 0 N–H and O–H groups in total. The molecule has 0 radical (unpaired) electrons. The third-order valence-electron chi connectivity index (χ3n) is 3.92. The van der Waals surface area contributed by atoms with Crippen LogP contribution in [0.4, 0.5) is 0 Å². The Morgan fingerprint density at radius 3 is 2.32 bits per heavy atom. The standard InChI is InChI=1S/C18H19NO2S/c1-15-9-11-18(12-10-15)22(20,21)19-13-5-8-17(14-19)16-6-3-2-4-7-16/h2-4,6-12H,5,13-14H2,1H3. The van der Waals surface area contributed by atoms with Crippen LogP contribution in [0.25, 0.3) is 5.57 Å². The van der Waals surface area contributed by atoms with E-state index in [1.807, 2.05) is 49.4 Å². The second kappa shape index (κ2) is 6.07. The lowest BCUT2D eigenvalue weighted by atomic mass is 10.0. The van der Waals surface area contributed by atoms with Crippen molar-refractivity contribution in [2.45, 2.75) is 18.2 Å². The SMILES string of the molecule is Cc1ccc(S(=O)(=O)N2CCC=C(c3ccccc3)C2)cc1. The second-order valence-electron chi connectivity index (χ2n) is 5.54. The summed E-state index contributed by atoms with van der Waals surface area (Å²) in [6, 6.07) is 17.0. The number of sulfonamides is 1. The van der Waals surface area contributed by atoms with Gasteiger partial charge in [-0.15, -0.1) is 0 Å². The molecule has 0 unspecified atom stereocenters. The molecule has 0 aromatic heterocycles. The molecule has 0 saturated heterocycles. The highest BCUT2D eigenvalue weighted by Crippen LogP contribution is 2.25. The maximum atomic E-state index is 12.8. The van der Waals surface area contributed by atoms with Crippen molar-refractivity contribution in [1.29, 1.82) is 0 Å². The van der Waals surface area contributed by atoms with E-state index < -0.39 is 10.0 Å². The van der Waals surface area contributed by atoms with Gasteiger partial charge in [0.05, 0.1) is 4.90 Å². The summed E-state index contributed by atoms with van der Waals surface area (Å²) in [7, 11) is -3.43. The van der Waals surface area contributed by atoms with Crippen LogP contribution in [-0.4, -0.2) is 25.8 Å². The van der Waals surface area contributed by atoms with Crippen LogP contribution < -0.4 is 0 Å². The smallest absolute Gasteiger partial charge is 0.207 e. The number of aryl methyl sites for hydroxylation is 1. The molecule has 114 valence electrons. The van der Waals surface area contributed by atoms with E-state index >= 15 is 0 Å². The molecule has 0 fully saturated rings. The number of benzene rings is 2. The fourth-order valence-electron chi connectivity index (χ4n) is 2.64. The van der Waals surface area contributed by atoms with Crippen molar-refractivity contribution in [3.05, 3.63) is 71.8 Å². The normalized spacial score (nSPS) is 16.3. The van der Waals surface area contributed by atoms with Gasteiger partial charge in [0.1, 0.15) is 0 Å². The lowest BCUT2D eigenvalue weighted by molar-refractivity contribution is 0.443. The Morgan fingerprint density at radius 2 is 1.64 bits per heavy atom. The molecular weight excluding hydrogens is 294 g/mol. The van der Waals surface area contributed by atoms with Gasteiger partial charge in [-0.25, -0.2) is 8.42 Å². The van der Waals surface area contributed by atoms with Crippen molar-refractivity contribution >= 4 is 15.6 Å². The summed E-state index contributed by atoms with van der Waals surface area (Å²) in [5.74, 6) is 0. The zero-order chi connectivity index (χ0) is 15.6. The third-order valence-corrected chi connectivity index (χ3v) is 5.78. The van der Waals surface area contributed by atoms with Gasteiger partial charge >= 0.3 is 0 Å². The first-order valence-electron chi connectivity index (χ1n) is 7.39. The van der Waals surface area contributed by atoms with E-state index in [0.717, 1.165) is 23.1 Å². The van der Waals surface area contributed by atoms with E-state index in [2.05, 4.69) is 6.08 Å². The lowest BCUT2D eigenvalue weighted by Gasteiger charge is -2.27. The van der Waals surface area contributed by atoms with Gasteiger partial charge in [0, 0.05) is 13.1 Å². The van der Waals surface area contributed by atoms with Gasteiger partial charge in [0.15, 0.2) is 0 Å². The molecule has 2 aromatic rings. The predicted molar refractivity (Wildman–Crippen MR) is 89.0 cm³/mol. The van der Waals surface area contributed by atoms with E-state index in [0.29, 0.717) is 18.0 Å². The average Bonchev–Trinajstić information content (AvgIpc) is 2.56. The highest BCUT2D eigenvalue weighted by atomic mass is 32.2. The van der Waals surface area contributed by atoms with Gasteiger partial charge in [-0.2, -0.15) is 4.31 Å². The predicted octanol–water partition coefficient (Wildman–Crippen LogP) is 3.47. The van der Waals surface area contributed by atoms with Crippen LogP contribution in [0.5, 0.6) is 0 Å². The molecule has 0 amide bonds. The number of nitrogens with zero attached hydrogens (tertiary/aromatic N) is 1. The van der Waals surface area contributed by atoms with E-state index in [-0.39, 0.29) is 0 Å². The maximum Gasteiger partial charge on any atom is 0.243 e. The minimum Gasteiger partial charge on any atom is -0.207 e. The molecule has 0 aliphatic carbocycles. The minimum atomic E-state index is -3.43. The van der Waals surface area contributed by atoms with Crippen molar-refractivity contribution in [2.24, 2.45) is 0 Å². The summed E-state index contributed by atoms with van der Waals surface area (Å²) in [4.78, 5) is 0.368. The molecule has 1 aliphatic heterocycles. The molecule has 0 atom stereocenters. The van der Waals surface area contributed by atoms with Gasteiger partial charge in [-0.05, 0) is 36.6 Å². The number of rotatable bonds is 3. The molecular formula is C18H19NO2S. The Balaban J connectivity index is 1.87. The first-order valence-corrected chi connectivity index (χ1v) is 8.83. The van der Waals surface area contributed by atoms with Crippen molar-refractivity contribution in [3.8, 4) is 0 Å². The fraction of sp³-hybridized carbons (Fsp3) is 0.222. The van der Waals surface area contributed by atoms with Gasteiger partial charge in [0.25, 0.3) is 0 Å². The first kappa shape index (κ1) is 15.0. The highest BCUT2D eigenvalue weighted by molar-refractivity contribution is 7.89. The highest BCUT2D eigenvalue weighted by Gasteiger charge is 2.27. The number of hydrogen-bond donors (Lipinski definition) is 0. The van der Waals surface area contributed by atoms with Gasteiger partial charge in [-0.1, -0.05) is 54.1 Å². The van der Waals surface area contributed by atoms with Crippen LogP contribution in [0, 0.1) is 6.92 Å². The number of hydrogen-bond acceptors (Lipinski definition) is 2. The van der Waals surface area contributed by atoms with Crippen LogP contribution in [0.1, 0.15) is 17.5 Å². The Bertz CT molecular complexity index is 778. The summed E-state index contributed by atoms with van der Waals surface area (Å²) in [5, 5.41) is 0. The molecule has 3 nitrogen and oxygen atoms in total. The minimum absolute atomic E-state index is 0.368. The summed E-state index contributed by atoms with van der Waals surface area (Å²) in [6.07, 6.45) is 2.88. The molecule has 0 saturated carbocycles. The monoisotopic (exact) mass is 313 g/mol. The zero-order valence-corrected chi connectivity index (χ0v) is 13.4. The fourth-order valence-corrected chi connectivity index (χ4v) is 4.08. The molecule has 2 aromatic carbocycles. The van der Waals surface area contributed by atoms with Crippen molar-refractivity contribution in [3.63, 3.8) is 0 Å². The van der Waals surface area contributed by atoms with E-state index in [1.165, 1.54) is 0 Å². The second-order valence-corrected chi connectivity index (χ2v) is 7.47. The quantitative estimate of drug-likeness (QED) is 0.870. The van der Waals surface area contributed by atoms with Crippen LogP contribution in [0.3, 0.4) is 0 Å². The molecule has 0 spiro atoms. The average molecular weight is 313 g/mol. The topological polar surface area (TPSA) is 37.4 Å². The Hall–Kier alpha value is -1.91. The zero-order valence-electron chi connectivity index (χ0n) is 12.6. The lowest BCUT2D eigenvalue weighted by Crippen LogP contribution is -2.35. The van der Waals surface area contributed by atoms with E-state index in [1.54, 1.807) is 16.4 Å². The Kier molecular flexibility index (Phi) is 4.14. The third kappa shape index (κ3) is 2.98. The first-order chi connectivity index (χ1) is 10.6. The van der Waals surface area contributed by atoms with Gasteiger partial charge < -0.3 is 0 Å². The molecule has 4 heteroatoms. The van der Waals surface area contributed by atoms with Crippen molar-refractivity contribution in [2.75, 3.05) is 13.1 Å². The van der Waals surface area contributed by atoms with Crippen LogP contribution in [0.2, 0.25) is 0 Å². The molecule has 1 heterocycles. The Labute approximate surface area is 132 Å². The Morgan fingerprint density at radius 1 is 0.955 bits per heavy atom. The van der Waals surface area contributed by atoms with Crippen molar-refractivity contribution in [1.82, 2.24) is 4.31 Å². The summed E-state index contributed by atoms with van der Waals surface area (Å²) in [5.41, 5.74) is 3.22. The van der Waals surface area contributed by atoms with Crippen LogP contribution >= 0.6 is 0 Å².